The van der Waals surface area contributed by atoms with Gasteiger partial charge in [0.1, 0.15) is 0 Å². The summed E-state index contributed by atoms with van der Waals surface area (Å²) in [4.78, 5) is 25.6. The molecule has 0 spiro atoms. The molecule has 0 bridgehead atoms. The number of rotatable bonds is 5. The van der Waals surface area contributed by atoms with E-state index in [-0.39, 0.29) is 24.1 Å². The predicted molar refractivity (Wildman–Crippen MR) is 67.2 cm³/mol. The standard InChI is InChI=1S/C12H17N3O4/c1-2-8-7(3-4-10(16)17)5-15-6-9(11(18)19)14-12(15)13-8/h6-8H,2-5H2,1H3,(H,13,14)(H,16,17)(H,18,19). The molecule has 1 aliphatic heterocycles. The SMILES string of the molecule is CCC1Nc2nc(C(=O)O)cn2CC1CCC(=O)O. The van der Waals surface area contributed by atoms with Crippen LogP contribution in [0.25, 0.3) is 0 Å². The lowest BCUT2D eigenvalue weighted by Crippen LogP contribution is -2.37. The number of carboxylic acid groups (broad SMARTS) is 2. The number of anilines is 1. The molecule has 7 nitrogen and oxygen atoms in total. The van der Waals surface area contributed by atoms with Crippen molar-refractivity contribution in [3.05, 3.63) is 11.9 Å². The molecule has 0 aromatic carbocycles. The smallest absolute Gasteiger partial charge is 0.356 e. The first-order valence-corrected chi connectivity index (χ1v) is 6.30. The van der Waals surface area contributed by atoms with Gasteiger partial charge < -0.3 is 20.1 Å². The normalized spacial score (nSPS) is 21.5. The lowest BCUT2D eigenvalue weighted by molar-refractivity contribution is -0.137. The monoisotopic (exact) mass is 267 g/mol. The van der Waals surface area contributed by atoms with E-state index in [1.807, 2.05) is 6.92 Å². The molecule has 1 aromatic heterocycles. The van der Waals surface area contributed by atoms with Crippen molar-refractivity contribution >= 4 is 17.9 Å². The van der Waals surface area contributed by atoms with Gasteiger partial charge in [-0.2, -0.15) is 0 Å². The molecule has 19 heavy (non-hydrogen) atoms. The van der Waals surface area contributed by atoms with Crippen LogP contribution in [0.5, 0.6) is 0 Å². The van der Waals surface area contributed by atoms with Gasteiger partial charge in [-0.1, -0.05) is 6.92 Å². The van der Waals surface area contributed by atoms with Gasteiger partial charge in [-0.15, -0.1) is 0 Å². The number of nitrogens with one attached hydrogen (secondary N) is 1. The zero-order valence-electron chi connectivity index (χ0n) is 10.7. The highest BCUT2D eigenvalue weighted by Crippen LogP contribution is 2.27. The van der Waals surface area contributed by atoms with Gasteiger partial charge in [-0.3, -0.25) is 4.79 Å². The minimum absolute atomic E-state index is 0.0104. The van der Waals surface area contributed by atoms with Crippen LogP contribution in [0, 0.1) is 5.92 Å². The molecule has 0 amide bonds. The van der Waals surface area contributed by atoms with Crippen LogP contribution in [-0.2, 0) is 11.3 Å². The first-order valence-electron chi connectivity index (χ1n) is 6.30. The first kappa shape index (κ1) is 13.4. The number of nitrogens with zero attached hydrogens (tertiary/aromatic N) is 2. The van der Waals surface area contributed by atoms with E-state index in [0.29, 0.717) is 18.9 Å². The topological polar surface area (TPSA) is 104 Å². The van der Waals surface area contributed by atoms with E-state index in [1.54, 1.807) is 4.57 Å². The van der Waals surface area contributed by atoms with E-state index in [2.05, 4.69) is 10.3 Å². The van der Waals surface area contributed by atoms with Gasteiger partial charge in [0.05, 0.1) is 0 Å². The Morgan fingerprint density at radius 1 is 1.53 bits per heavy atom. The fraction of sp³-hybridized carbons (Fsp3) is 0.583. The van der Waals surface area contributed by atoms with Crippen molar-refractivity contribution in [1.82, 2.24) is 9.55 Å². The number of carbonyl (C=O) groups is 2. The summed E-state index contributed by atoms with van der Waals surface area (Å²) < 4.78 is 1.75. The molecule has 2 atom stereocenters. The highest BCUT2D eigenvalue weighted by atomic mass is 16.4. The zero-order valence-corrected chi connectivity index (χ0v) is 10.7. The zero-order chi connectivity index (χ0) is 14.0. The Morgan fingerprint density at radius 2 is 2.26 bits per heavy atom. The Balaban J connectivity index is 2.15. The predicted octanol–water partition coefficient (Wildman–Crippen LogP) is 1.27. The number of aromatic nitrogens is 2. The van der Waals surface area contributed by atoms with Gasteiger partial charge in [0.25, 0.3) is 0 Å². The van der Waals surface area contributed by atoms with Crippen molar-refractivity contribution in [1.29, 1.82) is 0 Å². The van der Waals surface area contributed by atoms with Crippen molar-refractivity contribution in [2.75, 3.05) is 5.32 Å². The Hall–Kier alpha value is -2.05. The van der Waals surface area contributed by atoms with Gasteiger partial charge in [0.15, 0.2) is 5.69 Å². The summed E-state index contributed by atoms with van der Waals surface area (Å²) in [5.41, 5.74) is 0.0104. The molecule has 1 aromatic rings. The highest BCUT2D eigenvalue weighted by Gasteiger charge is 2.29. The van der Waals surface area contributed by atoms with Crippen LogP contribution in [0.2, 0.25) is 0 Å². The number of aromatic carboxylic acids is 1. The molecule has 0 fully saturated rings. The molecular formula is C12H17N3O4. The molecule has 2 unspecified atom stereocenters. The lowest BCUT2D eigenvalue weighted by Gasteiger charge is -2.32. The van der Waals surface area contributed by atoms with Crippen molar-refractivity contribution < 1.29 is 19.8 Å². The van der Waals surface area contributed by atoms with Gasteiger partial charge in [0.2, 0.25) is 5.95 Å². The van der Waals surface area contributed by atoms with Crippen molar-refractivity contribution in [2.24, 2.45) is 5.92 Å². The van der Waals surface area contributed by atoms with Crippen molar-refractivity contribution in [2.45, 2.75) is 38.8 Å². The van der Waals surface area contributed by atoms with Crippen LogP contribution in [0.3, 0.4) is 0 Å². The quantitative estimate of drug-likeness (QED) is 0.742. The fourth-order valence-corrected chi connectivity index (χ4v) is 2.47. The van der Waals surface area contributed by atoms with Gasteiger partial charge in [-0.25, -0.2) is 9.78 Å². The van der Waals surface area contributed by atoms with Crippen molar-refractivity contribution in [3.63, 3.8) is 0 Å². The molecule has 0 saturated heterocycles. The second kappa shape index (κ2) is 5.29. The molecule has 7 heteroatoms. The Labute approximate surface area is 110 Å². The van der Waals surface area contributed by atoms with Gasteiger partial charge in [0, 0.05) is 25.2 Å². The molecule has 3 N–H and O–H groups in total. The number of hydrogen-bond acceptors (Lipinski definition) is 4. The maximum Gasteiger partial charge on any atom is 0.356 e. The van der Waals surface area contributed by atoms with Gasteiger partial charge >= 0.3 is 11.9 Å². The molecule has 0 aliphatic carbocycles. The summed E-state index contributed by atoms with van der Waals surface area (Å²) >= 11 is 0. The summed E-state index contributed by atoms with van der Waals surface area (Å²) in [6.07, 6.45) is 3.03. The number of hydrogen-bond donors (Lipinski definition) is 3. The van der Waals surface area contributed by atoms with Gasteiger partial charge in [-0.05, 0) is 18.8 Å². The minimum atomic E-state index is -1.06. The molecule has 1 aliphatic rings. The van der Waals surface area contributed by atoms with E-state index >= 15 is 0 Å². The van der Waals surface area contributed by atoms with Crippen molar-refractivity contribution in [3.8, 4) is 0 Å². The van der Waals surface area contributed by atoms with E-state index in [0.717, 1.165) is 6.42 Å². The Kier molecular flexibility index (Phi) is 3.73. The molecule has 0 radical (unpaired) electrons. The number of imidazole rings is 1. The molecule has 2 heterocycles. The van der Waals surface area contributed by atoms with Crippen LogP contribution in [0.4, 0.5) is 5.95 Å². The Morgan fingerprint density at radius 3 is 2.84 bits per heavy atom. The summed E-state index contributed by atoms with van der Waals surface area (Å²) in [6.45, 7) is 2.62. The summed E-state index contributed by atoms with van der Waals surface area (Å²) in [5.74, 6) is -1.14. The summed E-state index contributed by atoms with van der Waals surface area (Å²) in [5, 5.41) is 20.9. The van der Waals surface area contributed by atoms with E-state index in [4.69, 9.17) is 10.2 Å². The maximum atomic E-state index is 10.9. The van der Waals surface area contributed by atoms with Crippen LogP contribution < -0.4 is 5.32 Å². The molecule has 104 valence electrons. The van der Waals surface area contributed by atoms with Crippen LogP contribution >= 0.6 is 0 Å². The number of aliphatic carboxylic acids is 1. The summed E-state index contributed by atoms with van der Waals surface area (Å²) in [6, 6.07) is 0.135. The number of fused-ring (bicyclic) bond motifs is 1. The lowest BCUT2D eigenvalue weighted by atomic mass is 9.91. The third kappa shape index (κ3) is 2.86. The van der Waals surface area contributed by atoms with Crippen LogP contribution in [0.15, 0.2) is 6.20 Å². The molecular weight excluding hydrogens is 250 g/mol. The first-order chi connectivity index (χ1) is 9.01. The second-order valence-corrected chi connectivity index (χ2v) is 4.76. The fourth-order valence-electron chi connectivity index (χ4n) is 2.47. The molecule has 2 rings (SSSR count). The largest absolute Gasteiger partial charge is 0.481 e. The van der Waals surface area contributed by atoms with E-state index < -0.39 is 11.9 Å². The van der Waals surface area contributed by atoms with Crippen LogP contribution in [0.1, 0.15) is 36.7 Å². The maximum absolute atomic E-state index is 10.9. The number of carboxylic acids is 2. The Bertz CT molecular complexity index is 497. The molecule has 0 saturated carbocycles. The average Bonchev–Trinajstić information content (AvgIpc) is 2.77. The van der Waals surface area contributed by atoms with E-state index in [1.165, 1.54) is 6.20 Å². The average molecular weight is 267 g/mol. The highest BCUT2D eigenvalue weighted by molar-refractivity contribution is 5.85. The third-order valence-electron chi connectivity index (χ3n) is 3.48. The third-order valence-corrected chi connectivity index (χ3v) is 3.48. The minimum Gasteiger partial charge on any atom is -0.481 e. The second-order valence-electron chi connectivity index (χ2n) is 4.76. The van der Waals surface area contributed by atoms with E-state index in [9.17, 15) is 9.59 Å². The summed E-state index contributed by atoms with van der Waals surface area (Å²) in [7, 11) is 0. The van der Waals surface area contributed by atoms with Crippen LogP contribution in [-0.4, -0.2) is 37.7 Å².